The van der Waals surface area contributed by atoms with Gasteiger partial charge in [-0.3, -0.25) is 9.59 Å². The Morgan fingerprint density at radius 3 is 2.18 bits per heavy atom. The molecule has 204 valence electrons. The van der Waals surface area contributed by atoms with Gasteiger partial charge in [0.15, 0.2) is 0 Å². The molecule has 0 atom stereocenters. The van der Waals surface area contributed by atoms with Gasteiger partial charge < -0.3 is 14.4 Å². The molecule has 0 bridgehead atoms. The van der Waals surface area contributed by atoms with Crippen LogP contribution in [0.2, 0.25) is 0 Å². The third-order valence-corrected chi connectivity index (χ3v) is 6.77. The van der Waals surface area contributed by atoms with Crippen LogP contribution in [-0.2, 0) is 24.1 Å². The monoisotopic (exact) mass is 591 g/mol. The molecule has 3 aromatic rings. The number of hydrogen-bond donors (Lipinski definition) is 0. The number of benzene rings is 2. The number of hydrogen-bond acceptors (Lipinski definition) is 2. The minimum Gasteiger partial charge on any atom is -0.345 e. The van der Waals surface area contributed by atoms with Crippen molar-refractivity contribution in [3.8, 4) is 0 Å². The van der Waals surface area contributed by atoms with Gasteiger partial charge in [-0.25, -0.2) is 0 Å². The summed E-state index contributed by atoms with van der Waals surface area (Å²) in [5, 5.41) is 0. The molecule has 3 rings (SSSR count). The van der Waals surface area contributed by atoms with Crippen molar-refractivity contribution in [3.63, 3.8) is 0 Å². The van der Waals surface area contributed by atoms with Gasteiger partial charge in [-0.05, 0) is 66.9 Å². The summed E-state index contributed by atoms with van der Waals surface area (Å²) >= 11 is 3.45. The van der Waals surface area contributed by atoms with Crippen molar-refractivity contribution >= 4 is 27.7 Å². The molecule has 2 amide bonds. The summed E-state index contributed by atoms with van der Waals surface area (Å²) in [7, 11) is 0. The molecule has 5 nitrogen and oxygen atoms in total. The number of carbonyl (C=O) groups excluding carboxylic acids is 2. The Hall–Kier alpha value is -3.07. The fraction of sp³-hybridized carbons (Fsp3) is 0.379. The highest BCUT2D eigenvalue weighted by molar-refractivity contribution is 9.10. The van der Waals surface area contributed by atoms with Crippen molar-refractivity contribution in [2.24, 2.45) is 0 Å². The summed E-state index contributed by atoms with van der Waals surface area (Å²) in [5.41, 5.74) is 1.42. The highest BCUT2D eigenvalue weighted by Gasteiger charge is 2.30. The lowest BCUT2D eigenvalue weighted by Crippen LogP contribution is -2.43. The lowest BCUT2D eigenvalue weighted by Gasteiger charge is -2.28. The standard InChI is InChI=1S/C29H33BrF3N3O2/c1-3-5-17-35(20-26-7-6-18-34(26)19-22-8-14-25(30)15-9-22)27(37)21-36(16-4-2)28(38)23-10-12-24(13-11-23)29(31,32)33/h6-15,18H,3-5,16-17,19-21H2,1-2H3. The van der Waals surface area contributed by atoms with Crippen LogP contribution < -0.4 is 0 Å². The number of carbonyl (C=O) groups is 2. The molecule has 1 heterocycles. The second-order valence-corrected chi connectivity index (χ2v) is 10.1. The van der Waals surface area contributed by atoms with E-state index < -0.39 is 17.6 Å². The fourth-order valence-corrected chi connectivity index (χ4v) is 4.40. The first kappa shape index (κ1) is 29.5. The van der Waals surface area contributed by atoms with E-state index in [4.69, 9.17) is 0 Å². The molecule has 0 N–H and O–H groups in total. The Kier molecular flexibility index (Phi) is 10.6. The first-order chi connectivity index (χ1) is 18.1. The first-order valence-electron chi connectivity index (χ1n) is 12.7. The molecule has 0 spiro atoms. The normalized spacial score (nSPS) is 11.4. The number of nitrogens with zero attached hydrogens (tertiary/aromatic N) is 3. The van der Waals surface area contributed by atoms with E-state index in [-0.39, 0.29) is 18.0 Å². The zero-order valence-electron chi connectivity index (χ0n) is 21.7. The summed E-state index contributed by atoms with van der Waals surface area (Å²) in [4.78, 5) is 29.8. The quantitative estimate of drug-likeness (QED) is 0.228. The number of rotatable bonds is 12. The lowest BCUT2D eigenvalue weighted by molar-refractivity contribution is -0.137. The zero-order valence-corrected chi connectivity index (χ0v) is 23.3. The molecule has 9 heteroatoms. The van der Waals surface area contributed by atoms with Crippen molar-refractivity contribution in [1.29, 1.82) is 0 Å². The Bertz CT molecular complexity index is 1190. The Labute approximate surface area is 230 Å². The topological polar surface area (TPSA) is 45.6 Å². The predicted octanol–water partition coefficient (Wildman–Crippen LogP) is 7.00. The van der Waals surface area contributed by atoms with Gasteiger partial charge in [0, 0.05) is 41.6 Å². The second-order valence-electron chi connectivity index (χ2n) is 9.22. The van der Waals surface area contributed by atoms with Crippen molar-refractivity contribution in [2.45, 2.75) is 52.4 Å². The predicted molar refractivity (Wildman–Crippen MR) is 146 cm³/mol. The third-order valence-electron chi connectivity index (χ3n) is 6.24. The van der Waals surface area contributed by atoms with E-state index in [9.17, 15) is 22.8 Å². The van der Waals surface area contributed by atoms with E-state index in [1.165, 1.54) is 17.0 Å². The van der Waals surface area contributed by atoms with Crippen LogP contribution >= 0.6 is 15.9 Å². The summed E-state index contributed by atoms with van der Waals surface area (Å²) in [6.45, 7) is 5.75. The van der Waals surface area contributed by atoms with Crippen molar-refractivity contribution < 1.29 is 22.8 Å². The van der Waals surface area contributed by atoms with Crippen LogP contribution in [0.25, 0.3) is 0 Å². The smallest absolute Gasteiger partial charge is 0.345 e. The van der Waals surface area contributed by atoms with Gasteiger partial charge >= 0.3 is 6.18 Å². The maximum absolute atomic E-state index is 13.5. The summed E-state index contributed by atoms with van der Waals surface area (Å²) < 4.78 is 41.9. The molecule has 0 aliphatic heterocycles. The Morgan fingerprint density at radius 1 is 0.895 bits per heavy atom. The average molecular weight is 593 g/mol. The van der Waals surface area contributed by atoms with Gasteiger partial charge in [0.2, 0.25) is 5.91 Å². The minimum absolute atomic E-state index is 0.128. The molecule has 2 aromatic carbocycles. The minimum atomic E-state index is -4.48. The van der Waals surface area contributed by atoms with E-state index in [0.29, 0.717) is 32.6 Å². The van der Waals surface area contributed by atoms with E-state index in [1.807, 2.05) is 49.5 Å². The second kappa shape index (κ2) is 13.6. The van der Waals surface area contributed by atoms with Gasteiger partial charge in [-0.2, -0.15) is 13.2 Å². The molecule has 0 aliphatic carbocycles. The van der Waals surface area contributed by atoms with Crippen LogP contribution in [0.5, 0.6) is 0 Å². The van der Waals surface area contributed by atoms with Crippen LogP contribution in [0.15, 0.2) is 71.3 Å². The van der Waals surface area contributed by atoms with E-state index in [2.05, 4.69) is 27.4 Å². The highest BCUT2D eigenvalue weighted by atomic mass is 79.9. The molecule has 1 aromatic heterocycles. The number of alkyl halides is 3. The number of unbranched alkanes of at least 4 members (excludes halogenated alkanes) is 1. The highest BCUT2D eigenvalue weighted by Crippen LogP contribution is 2.29. The molecule has 0 aliphatic rings. The van der Waals surface area contributed by atoms with Crippen LogP contribution in [0.3, 0.4) is 0 Å². The maximum Gasteiger partial charge on any atom is 0.416 e. The molecule has 0 fully saturated rings. The molecular weight excluding hydrogens is 559 g/mol. The molecule has 0 unspecified atom stereocenters. The third kappa shape index (κ3) is 8.21. The van der Waals surface area contributed by atoms with Crippen LogP contribution in [0, 0.1) is 0 Å². The summed E-state index contributed by atoms with van der Waals surface area (Å²) in [5.74, 6) is -0.647. The maximum atomic E-state index is 13.5. The molecule has 38 heavy (non-hydrogen) atoms. The van der Waals surface area contributed by atoms with Crippen LogP contribution in [-0.4, -0.2) is 45.8 Å². The SMILES string of the molecule is CCCCN(Cc1cccn1Cc1ccc(Br)cc1)C(=O)CN(CCC)C(=O)c1ccc(C(F)(F)F)cc1. The zero-order chi connectivity index (χ0) is 27.7. The number of halogens is 4. The van der Waals surface area contributed by atoms with Gasteiger partial charge in [0.1, 0.15) is 6.54 Å². The summed E-state index contributed by atoms with van der Waals surface area (Å²) in [6.07, 6.45) is -0.149. The largest absolute Gasteiger partial charge is 0.416 e. The lowest BCUT2D eigenvalue weighted by atomic mass is 10.1. The molecule has 0 saturated heterocycles. The summed E-state index contributed by atoms with van der Waals surface area (Å²) in [6, 6.07) is 16.1. The van der Waals surface area contributed by atoms with Crippen molar-refractivity contribution in [3.05, 3.63) is 93.7 Å². The van der Waals surface area contributed by atoms with Crippen LogP contribution in [0.1, 0.15) is 60.3 Å². The average Bonchev–Trinajstić information content (AvgIpc) is 3.33. The first-order valence-corrected chi connectivity index (χ1v) is 13.5. The fourth-order valence-electron chi connectivity index (χ4n) is 4.14. The Balaban J connectivity index is 1.74. The van der Waals surface area contributed by atoms with E-state index in [1.54, 1.807) is 4.90 Å². The van der Waals surface area contributed by atoms with Crippen molar-refractivity contribution in [1.82, 2.24) is 14.4 Å². The molecule has 0 radical (unpaired) electrons. The molecular formula is C29H33BrF3N3O2. The van der Waals surface area contributed by atoms with Gasteiger partial charge in [-0.1, -0.05) is 48.3 Å². The van der Waals surface area contributed by atoms with Crippen LogP contribution in [0.4, 0.5) is 13.2 Å². The van der Waals surface area contributed by atoms with E-state index >= 15 is 0 Å². The van der Waals surface area contributed by atoms with Gasteiger partial charge in [-0.15, -0.1) is 0 Å². The van der Waals surface area contributed by atoms with E-state index in [0.717, 1.165) is 40.7 Å². The van der Waals surface area contributed by atoms with Crippen molar-refractivity contribution in [2.75, 3.05) is 19.6 Å². The van der Waals surface area contributed by atoms with Gasteiger partial charge in [0.05, 0.1) is 12.1 Å². The Morgan fingerprint density at radius 2 is 1.58 bits per heavy atom. The van der Waals surface area contributed by atoms with Gasteiger partial charge in [0.25, 0.3) is 5.91 Å². The molecule has 0 saturated carbocycles. The number of amides is 2. The number of aromatic nitrogens is 1.